The third-order valence-electron chi connectivity index (χ3n) is 5.35. The quantitative estimate of drug-likeness (QED) is 0.731. The van der Waals surface area contributed by atoms with Crippen molar-refractivity contribution < 1.29 is 4.74 Å². The molecule has 1 heterocycles. The van der Waals surface area contributed by atoms with Gasteiger partial charge >= 0.3 is 0 Å². The minimum absolute atomic E-state index is 0.0101. The van der Waals surface area contributed by atoms with Gasteiger partial charge in [-0.1, -0.05) is 66.7 Å². The summed E-state index contributed by atoms with van der Waals surface area (Å²) in [7, 11) is 0. The molecule has 138 valence electrons. The molecule has 1 aliphatic heterocycles. The fourth-order valence-electron chi connectivity index (χ4n) is 3.69. The van der Waals surface area contributed by atoms with E-state index >= 15 is 0 Å². The SMILES string of the molecule is C=CC(N)C1CCN(CCOC(c2ccccc2)c2ccccc2)CC1. The van der Waals surface area contributed by atoms with Crippen LogP contribution in [-0.4, -0.2) is 37.2 Å². The summed E-state index contributed by atoms with van der Waals surface area (Å²) in [5, 5.41) is 0. The number of hydrogen-bond acceptors (Lipinski definition) is 3. The van der Waals surface area contributed by atoms with Crippen LogP contribution in [-0.2, 0) is 4.74 Å². The van der Waals surface area contributed by atoms with E-state index in [-0.39, 0.29) is 12.1 Å². The van der Waals surface area contributed by atoms with Crippen LogP contribution in [0, 0.1) is 5.92 Å². The standard InChI is InChI=1S/C23H30N2O/c1-2-22(24)19-13-15-25(16-14-19)17-18-26-23(20-9-5-3-6-10-20)21-11-7-4-8-12-21/h2-12,19,22-23H,1,13-18,24H2. The maximum absolute atomic E-state index is 6.33. The Hall–Kier alpha value is -1.94. The van der Waals surface area contributed by atoms with Gasteiger partial charge in [0, 0.05) is 12.6 Å². The second-order valence-corrected chi connectivity index (χ2v) is 7.06. The van der Waals surface area contributed by atoms with Crippen molar-refractivity contribution in [2.45, 2.75) is 25.0 Å². The first-order chi connectivity index (χ1) is 12.8. The molecule has 3 rings (SSSR count). The highest BCUT2D eigenvalue weighted by Crippen LogP contribution is 2.26. The number of rotatable bonds is 8. The highest BCUT2D eigenvalue weighted by molar-refractivity contribution is 5.29. The molecule has 0 spiro atoms. The molecule has 3 heteroatoms. The Morgan fingerprint density at radius 2 is 1.54 bits per heavy atom. The topological polar surface area (TPSA) is 38.5 Å². The Morgan fingerprint density at radius 3 is 2.04 bits per heavy atom. The first-order valence-electron chi connectivity index (χ1n) is 9.60. The Labute approximate surface area is 157 Å². The Bertz CT molecular complexity index is 611. The molecule has 26 heavy (non-hydrogen) atoms. The van der Waals surface area contributed by atoms with E-state index in [0.29, 0.717) is 5.92 Å². The summed E-state index contributed by atoms with van der Waals surface area (Å²) < 4.78 is 6.33. The molecule has 3 nitrogen and oxygen atoms in total. The molecule has 1 aliphatic rings. The second kappa shape index (κ2) is 9.67. The number of nitrogens with zero attached hydrogens (tertiary/aromatic N) is 1. The molecular weight excluding hydrogens is 320 g/mol. The summed E-state index contributed by atoms with van der Waals surface area (Å²) in [5.41, 5.74) is 8.51. The number of ether oxygens (including phenoxy) is 1. The molecule has 0 aliphatic carbocycles. The third-order valence-corrected chi connectivity index (χ3v) is 5.35. The first kappa shape index (κ1) is 18.8. The Kier molecular flexibility index (Phi) is 7.01. The average Bonchev–Trinajstić information content (AvgIpc) is 2.72. The van der Waals surface area contributed by atoms with Gasteiger partial charge < -0.3 is 15.4 Å². The number of nitrogens with two attached hydrogens (primary N) is 1. The van der Waals surface area contributed by atoms with Crippen molar-refractivity contribution in [3.63, 3.8) is 0 Å². The van der Waals surface area contributed by atoms with Gasteiger partial charge in [0.25, 0.3) is 0 Å². The molecule has 2 N–H and O–H groups in total. The van der Waals surface area contributed by atoms with Crippen LogP contribution in [0.1, 0.15) is 30.1 Å². The molecule has 0 saturated carbocycles. The lowest BCUT2D eigenvalue weighted by atomic mass is 9.90. The summed E-state index contributed by atoms with van der Waals surface area (Å²) >= 11 is 0. The Morgan fingerprint density at radius 1 is 1.00 bits per heavy atom. The van der Waals surface area contributed by atoms with E-state index < -0.39 is 0 Å². The predicted molar refractivity (Wildman–Crippen MR) is 108 cm³/mol. The summed E-state index contributed by atoms with van der Waals surface area (Å²) in [5.74, 6) is 0.575. The van der Waals surface area contributed by atoms with Crippen LogP contribution >= 0.6 is 0 Å². The monoisotopic (exact) mass is 350 g/mol. The molecule has 1 fully saturated rings. The summed E-state index contributed by atoms with van der Waals surface area (Å²) in [6.45, 7) is 7.70. The normalized spacial score (nSPS) is 17.3. The van der Waals surface area contributed by atoms with Crippen LogP contribution in [0.2, 0.25) is 0 Å². The molecule has 2 aromatic carbocycles. The lowest BCUT2D eigenvalue weighted by Gasteiger charge is -2.34. The van der Waals surface area contributed by atoms with E-state index in [1.807, 2.05) is 18.2 Å². The van der Waals surface area contributed by atoms with Gasteiger partial charge in [-0.2, -0.15) is 0 Å². The fraction of sp³-hybridized carbons (Fsp3) is 0.391. The summed E-state index contributed by atoms with van der Waals surface area (Å²) in [6.07, 6.45) is 4.17. The van der Waals surface area contributed by atoms with Crippen molar-refractivity contribution in [1.29, 1.82) is 0 Å². The fourth-order valence-corrected chi connectivity index (χ4v) is 3.69. The zero-order valence-corrected chi connectivity index (χ0v) is 15.5. The van der Waals surface area contributed by atoms with Crippen molar-refractivity contribution in [2.24, 2.45) is 11.7 Å². The summed E-state index contributed by atoms with van der Waals surface area (Å²) in [6, 6.07) is 21.1. The lowest BCUT2D eigenvalue weighted by molar-refractivity contribution is 0.0508. The van der Waals surface area contributed by atoms with Crippen LogP contribution in [0.25, 0.3) is 0 Å². The van der Waals surface area contributed by atoms with E-state index in [9.17, 15) is 0 Å². The van der Waals surface area contributed by atoms with E-state index in [1.54, 1.807) is 0 Å². The van der Waals surface area contributed by atoms with Crippen molar-refractivity contribution in [3.8, 4) is 0 Å². The van der Waals surface area contributed by atoms with Crippen LogP contribution < -0.4 is 5.73 Å². The molecule has 2 aromatic rings. The molecule has 1 unspecified atom stereocenters. The largest absolute Gasteiger partial charge is 0.367 e. The van der Waals surface area contributed by atoms with Gasteiger partial charge in [0.15, 0.2) is 0 Å². The van der Waals surface area contributed by atoms with Crippen molar-refractivity contribution in [2.75, 3.05) is 26.2 Å². The number of piperidine rings is 1. The van der Waals surface area contributed by atoms with Gasteiger partial charge in [0.1, 0.15) is 6.10 Å². The van der Waals surface area contributed by atoms with Crippen molar-refractivity contribution in [3.05, 3.63) is 84.4 Å². The number of hydrogen-bond donors (Lipinski definition) is 1. The van der Waals surface area contributed by atoms with Gasteiger partial charge in [0.05, 0.1) is 6.61 Å². The van der Waals surface area contributed by atoms with Crippen LogP contribution in [0.15, 0.2) is 73.3 Å². The first-order valence-corrected chi connectivity index (χ1v) is 9.60. The molecular formula is C23H30N2O. The molecule has 0 amide bonds. The minimum Gasteiger partial charge on any atom is -0.367 e. The van der Waals surface area contributed by atoms with Gasteiger partial charge in [-0.3, -0.25) is 0 Å². The average molecular weight is 351 g/mol. The predicted octanol–water partition coefficient (Wildman–Crippen LogP) is 4.02. The van der Waals surface area contributed by atoms with Crippen molar-refractivity contribution >= 4 is 0 Å². The van der Waals surface area contributed by atoms with Gasteiger partial charge in [-0.15, -0.1) is 6.58 Å². The summed E-state index contributed by atoms with van der Waals surface area (Å²) in [4.78, 5) is 2.49. The van der Waals surface area contributed by atoms with Gasteiger partial charge in [-0.25, -0.2) is 0 Å². The van der Waals surface area contributed by atoms with E-state index in [0.717, 1.165) is 39.1 Å². The number of benzene rings is 2. The second-order valence-electron chi connectivity index (χ2n) is 7.06. The number of likely N-dealkylation sites (tertiary alicyclic amines) is 1. The highest BCUT2D eigenvalue weighted by Gasteiger charge is 2.23. The molecule has 0 aromatic heterocycles. The van der Waals surface area contributed by atoms with E-state index in [1.165, 1.54) is 11.1 Å². The maximum Gasteiger partial charge on any atom is 0.108 e. The molecule has 0 radical (unpaired) electrons. The smallest absolute Gasteiger partial charge is 0.108 e. The van der Waals surface area contributed by atoms with E-state index in [2.05, 4.69) is 60.0 Å². The zero-order valence-electron chi connectivity index (χ0n) is 15.5. The van der Waals surface area contributed by atoms with Crippen molar-refractivity contribution in [1.82, 2.24) is 4.90 Å². The zero-order chi connectivity index (χ0) is 18.2. The molecule has 1 saturated heterocycles. The maximum atomic E-state index is 6.33. The Balaban J connectivity index is 1.54. The van der Waals surface area contributed by atoms with Gasteiger partial charge in [-0.05, 0) is 43.0 Å². The van der Waals surface area contributed by atoms with Crippen LogP contribution in [0.3, 0.4) is 0 Å². The van der Waals surface area contributed by atoms with E-state index in [4.69, 9.17) is 10.5 Å². The van der Waals surface area contributed by atoms with Crippen LogP contribution in [0.4, 0.5) is 0 Å². The molecule has 1 atom stereocenters. The van der Waals surface area contributed by atoms with Crippen LogP contribution in [0.5, 0.6) is 0 Å². The third kappa shape index (κ3) is 5.04. The molecule has 0 bridgehead atoms. The minimum atomic E-state index is -0.0101. The highest BCUT2D eigenvalue weighted by atomic mass is 16.5. The van der Waals surface area contributed by atoms with Gasteiger partial charge in [0.2, 0.25) is 0 Å². The lowest BCUT2D eigenvalue weighted by Crippen LogP contribution is -2.41.